The topological polar surface area (TPSA) is 173 Å². The molecule has 0 fully saturated rings. The zero-order valence-corrected chi connectivity index (χ0v) is 26.4. The molecule has 0 heterocycles. The molecule has 242 valence electrons. The molecule has 12 heteroatoms. The van der Waals surface area contributed by atoms with E-state index in [0.717, 1.165) is 37.4 Å². The first-order valence-corrected chi connectivity index (χ1v) is 16.3. The number of benzene rings is 3. The number of phenols is 1. The number of unbranched alkanes of at least 4 members (excludes halogenated alkanes) is 9. The molecule has 0 spiro atoms. The zero-order chi connectivity index (χ0) is 32.8. The average molecular weight is 640 g/mol. The van der Waals surface area contributed by atoms with Gasteiger partial charge < -0.3 is 20.7 Å². The number of nitrogens with zero attached hydrogens (tertiary/aromatic N) is 2. The zero-order valence-electron chi connectivity index (χ0n) is 25.5. The predicted octanol–water partition coefficient (Wildman–Crippen LogP) is 8.40. The van der Waals surface area contributed by atoms with Crippen LogP contribution < -0.4 is 15.4 Å². The third kappa shape index (κ3) is 10.4. The third-order valence-corrected chi connectivity index (χ3v) is 8.28. The summed E-state index contributed by atoms with van der Waals surface area (Å²) >= 11 is 0.816. The summed E-state index contributed by atoms with van der Waals surface area (Å²) < 4.78 is 6.24. The predicted molar refractivity (Wildman–Crippen MR) is 177 cm³/mol. The number of aliphatic carboxylic acids is 1. The number of carboxylic acids is 1. The second-order valence-electron chi connectivity index (χ2n) is 10.8. The first-order chi connectivity index (χ1) is 21.6. The lowest BCUT2D eigenvalue weighted by molar-refractivity contribution is -0.384. The Labute approximate surface area is 266 Å². The molecule has 3 aromatic rings. The quantitative estimate of drug-likeness (QED) is 0.0661. The minimum Gasteiger partial charge on any atom is -0.506 e. The SMILES string of the molecule is CCCCCCCCCCCCN(C(=O)SCCC(=O)O)c1cc([N+](=O)[O-])ccc1Oc1cc(C(N)=O)c(O)c2ccccc12. The van der Waals surface area contributed by atoms with Crippen LogP contribution in [0.25, 0.3) is 10.8 Å². The van der Waals surface area contributed by atoms with Crippen molar-refractivity contribution in [1.29, 1.82) is 0 Å². The fourth-order valence-electron chi connectivity index (χ4n) is 5.01. The highest BCUT2D eigenvalue weighted by molar-refractivity contribution is 8.13. The number of hydrogen-bond donors (Lipinski definition) is 3. The van der Waals surface area contributed by atoms with Crippen molar-refractivity contribution < 1.29 is 34.3 Å². The highest BCUT2D eigenvalue weighted by atomic mass is 32.2. The van der Waals surface area contributed by atoms with Gasteiger partial charge >= 0.3 is 5.97 Å². The fourth-order valence-corrected chi connectivity index (χ4v) is 5.80. The van der Waals surface area contributed by atoms with Crippen LogP contribution in [0.1, 0.15) is 87.9 Å². The van der Waals surface area contributed by atoms with E-state index >= 15 is 0 Å². The highest BCUT2D eigenvalue weighted by Gasteiger charge is 2.25. The molecule has 45 heavy (non-hydrogen) atoms. The summed E-state index contributed by atoms with van der Waals surface area (Å²) in [4.78, 5) is 49.2. The number of hydrogen-bond acceptors (Lipinski definition) is 8. The van der Waals surface area contributed by atoms with Gasteiger partial charge in [0.1, 0.15) is 11.5 Å². The second kappa shape index (κ2) is 17.8. The number of carbonyl (C=O) groups excluding carboxylic acids is 2. The van der Waals surface area contributed by atoms with Crippen LogP contribution in [-0.4, -0.2) is 44.5 Å². The van der Waals surface area contributed by atoms with Gasteiger partial charge in [-0.1, -0.05) is 101 Å². The minimum absolute atomic E-state index is 0.0262. The molecule has 0 aliphatic rings. The van der Waals surface area contributed by atoms with Gasteiger partial charge in [0.2, 0.25) is 0 Å². The standard InChI is InChI=1S/C33H41N3O8S/c1-2-3-4-5-6-7-8-9-10-13-19-35(33(41)45-20-18-30(37)38)27-21-23(36(42)43)16-17-28(27)44-29-22-26(32(34)40)31(39)25-15-12-11-14-24(25)29/h11-12,14-17,21-22,39H,2-10,13,18-20H2,1H3,(H2,34,40)(H,37,38). The van der Waals surface area contributed by atoms with Crippen LogP contribution in [-0.2, 0) is 4.79 Å². The van der Waals surface area contributed by atoms with E-state index in [9.17, 15) is 29.6 Å². The van der Waals surface area contributed by atoms with E-state index in [1.54, 1.807) is 24.3 Å². The average Bonchev–Trinajstić information content (AvgIpc) is 3.01. The normalized spacial score (nSPS) is 11.0. The molecule has 0 radical (unpaired) electrons. The van der Waals surface area contributed by atoms with Gasteiger partial charge in [0.25, 0.3) is 16.8 Å². The van der Waals surface area contributed by atoms with Gasteiger partial charge in [0, 0.05) is 35.2 Å². The molecule has 3 aromatic carbocycles. The van der Waals surface area contributed by atoms with Crippen molar-refractivity contribution in [3.63, 3.8) is 0 Å². The Balaban J connectivity index is 1.91. The summed E-state index contributed by atoms with van der Waals surface area (Å²) in [5, 5.41) is 31.8. The summed E-state index contributed by atoms with van der Waals surface area (Å²) in [6, 6.07) is 11.8. The molecular formula is C33H41N3O8S. The number of primary amides is 1. The molecule has 2 amide bonds. The van der Waals surface area contributed by atoms with E-state index in [1.807, 2.05) is 0 Å². The number of non-ortho nitro benzene ring substituents is 1. The third-order valence-electron chi connectivity index (χ3n) is 7.40. The molecule has 0 atom stereocenters. The number of anilines is 1. The maximum absolute atomic E-state index is 13.5. The molecular weight excluding hydrogens is 598 g/mol. The lowest BCUT2D eigenvalue weighted by Gasteiger charge is -2.25. The van der Waals surface area contributed by atoms with E-state index in [1.165, 1.54) is 61.3 Å². The van der Waals surface area contributed by atoms with Gasteiger partial charge in [0.05, 0.1) is 22.6 Å². The molecule has 4 N–H and O–H groups in total. The summed E-state index contributed by atoms with van der Waals surface area (Å²) in [6.45, 7) is 2.42. The number of nitro groups is 1. The van der Waals surface area contributed by atoms with Crippen LogP contribution in [0.15, 0.2) is 48.5 Å². The molecule has 0 saturated heterocycles. The van der Waals surface area contributed by atoms with Crippen LogP contribution in [0.2, 0.25) is 0 Å². The van der Waals surface area contributed by atoms with Crippen LogP contribution in [0.5, 0.6) is 17.2 Å². The maximum Gasteiger partial charge on any atom is 0.304 e. The summed E-state index contributed by atoms with van der Waals surface area (Å²) in [6.07, 6.45) is 10.6. The van der Waals surface area contributed by atoms with Crippen molar-refractivity contribution >= 4 is 51.0 Å². The number of ether oxygens (including phenoxy) is 1. The van der Waals surface area contributed by atoms with Crippen LogP contribution >= 0.6 is 11.8 Å². The summed E-state index contributed by atoms with van der Waals surface area (Å²) in [7, 11) is 0. The van der Waals surface area contributed by atoms with Crippen molar-refractivity contribution in [3.8, 4) is 17.2 Å². The monoisotopic (exact) mass is 639 g/mol. The number of nitrogens with two attached hydrogens (primary N) is 1. The number of fused-ring (bicyclic) bond motifs is 1. The van der Waals surface area contributed by atoms with Crippen molar-refractivity contribution in [1.82, 2.24) is 0 Å². The Hall–Kier alpha value is -4.32. The van der Waals surface area contributed by atoms with E-state index in [-0.39, 0.29) is 52.9 Å². The molecule has 11 nitrogen and oxygen atoms in total. The number of aromatic hydroxyl groups is 1. The molecule has 0 aromatic heterocycles. The Bertz CT molecular complexity index is 1500. The van der Waals surface area contributed by atoms with Crippen molar-refractivity contribution in [2.45, 2.75) is 77.6 Å². The number of thioether (sulfide) groups is 1. The van der Waals surface area contributed by atoms with Crippen LogP contribution in [0.4, 0.5) is 16.2 Å². The highest BCUT2D eigenvalue weighted by Crippen LogP contribution is 2.42. The number of amides is 2. The second-order valence-corrected chi connectivity index (χ2v) is 11.8. The number of rotatable bonds is 19. The van der Waals surface area contributed by atoms with Gasteiger partial charge in [-0.3, -0.25) is 29.4 Å². The lowest BCUT2D eigenvalue weighted by atomic mass is 10.0. The van der Waals surface area contributed by atoms with Crippen molar-refractivity contribution in [2.24, 2.45) is 5.73 Å². The Morgan fingerprint density at radius 3 is 2.13 bits per heavy atom. The van der Waals surface area contributed by atoms with Gasteiger partial charge in [-0.25, -0.2) is 0 Å². The molecule has 3 rings (SSSR count). The fraction of sp³-hybridized carbons (Fsp3) is 0.424. The molecule has 0 bridgehead atoms. The van der Waals surface area contributed by atoms with Gasteiger partial charge in [-0.2, -0.15) is 0 Å². The van der Waals surface area contributed by atoms with Gasteiger partial charge in [-0.15, -0.1) is 0 Å². The van der Waals surface area contributed by atoms with Gasteiger partial charge in [-0.05, 0) is 18.6 Å². The summed E-state index contributed by atoms with van der Waals surface area (Å²) in [5.41, 5.74) is 5.20. The van der Waals surface area contributed by atoms with Gasteiger partial charge in [0.15, 0.2) is 5.75 Å². The van der Waals surface area contributed by atoms with Crippen LogP contribution in [0, 0.1) is 10.1 Å². The first kappa shape index (κ1) is 35.2. The van der Waals surface area contributed by atoms with Crippen LogP contribution in [0.3, 0.4) is 0 Å². The largest absolute Gasteiger partial charge is 0.506 e. The van der Waals surface area contributed by atoms with E-state index in [2.05, 4.69) is 6.92 Å². The Morgan fingerprint density at radius 1 is 0.911 bits per heavy atom. The number of nitro benzene ring substituents is 1. The molecule has 0 unspecified atom stereocenters. The Kier molecular flexibility index (Phi) is 13.9. The lowest BCUT2D eigenvalue weighted by Crippen LogP contribution is -2.29. The first-order valence-electron chi connectivity index (χ1n) is 15.3. The van der Waals surface area contributed by atoms with Crippen molar-refractivity contribution in [3.05, 3.63) is 64.2 Å². The molecule has 0 saturated carbocycles. The van der Waals surface area contributed by atoms with E-state index in [0.29, 0.717) is 17.2 Å². The van der Waals surface area contributed by atoms with Crippen molar-refractivity contribution in [2.75, 3.05) is 17.2 Å². The number of carboxylic acid groups (broad SMARTS) is 1. The van der Waals surface area contributed by atoms with E-state index in [4.69, 9.17) is 15.6 Å². The smallest absolute Gasteiger partial charge is 0.304 e. The summed E-state index contributed by atoms with van der Waals surface area (Å²) in [5.74, 6) is -1.94. The maximum atomic E-state index is 13.5. The number of carbonyl (C=O) groups is 3. The molecule has 0 aliphatic heterocycles. The Morgan fingerprint density at radius 2 is 1.53 bits per heavy atom. The van der Waals surface area contributed by atoms with E-state index < -0.39 is 22.0 Å². The minimum atomic E-state index is -1.04. The molecule has 0 aliphatic carbocycles.